The molecule has 0 N–H and O–H groups in total. The van der Waals surface area contributed by atoms with Gasteiger partial charge < -0.3 is 19.3 Å². The van der Waals surface area contributed by atoms with E-state index in [0.717, 1.165) is 36.7 Å². The van der Waals surface area contributed by atoms with E-state index in [1.54, 1.807) is 4.90 Å². The number of hydrogen-bond acceptors (Lipinski definition) is 4. The van der Waals surface area contributed by atoms with Gasteiger partial charge in [-0.25, -0.2) is 4.79 Å². The molecule has 0 bridgehead atoms. The van der Waals surface area contributed by atoms with Crippen LogP contribution in [0.3, 0.4) is 0 Å². The molecule has 2 aromatic carbocycles. The predicted octanol–water partition coefficient (Wildman–Crippen LogP) is 3.76. The Bertz CT molecular complexity index is 658. The summed E-state index contributed by atoms with van der Waals surface area (Å²) in [6.07, 6.45) is 0.716. The van der Waals surface area contributed by atoms with Crippen molar-refractivity contribution in [3.8, 4) is 11.5 Å². The highest BCUT2D eigenvalue weighted by Gasteiger charge is 2.20. The van der Waals surface area contributed by atoms with Crippen molar-refractivity contribution in [1.82, 2.24) is 4.90 Å². The van der Waals surface area contributed by atoms with Gasteiger partial charge in [0.1, 0.15) is 18.1 Å². The van der Waals surface area contributed by atoms with E-state index in [0.29, 0.717) is 13.2 Å². The third kappa shape index (κ3) is 4.19. The standard InChI is InChI=1S/C19H22N2O3/c1-20(12-5-13-21-14-15-23-19(21)22)16-8-10-18(11-9-16)24-17-6-3-2-4-7-17/h2-4,6-11H,5,12-15H2,1H3. The number of anilines is 1. The fourth-order valence-corrected chi connectivity index (χ4v) is 2.65. The summed E-state index contributed by atoms with van der Waals surface area (Å²) in [5.41, 5.74) is 1.12. The molecule has 0 atom stereocenters. The molecule has 1 aliphatic heterocycles. The van der Waals surface area contributed by atoms with E-state index in [1.807, 2.05) is 54.6 Å². The fraction of sp³-hybridized carbons (Fsp3) is 0.316. The molecule has 2 aromatic rings. The number of benzene rings is 2. The largest absolute Gasteiger partial charge is 0.457 e. The van der Waals surface area contributed by atoms with Gasteiger partial charge in [0.2, 0.25) is 0 Å². The van der Waals surface area contributed by atoms with Crippen molar-refractivity contribution >= 4 is 11.8 Å². The van der Waals surface area contributed by atoms with Crippen LogP contribution in [-0.2, 0) is 4.74 Å². The first-order valence-electron chi connectivity index (χ1n) is 8.18. The number of hydrogen-bond donors (Lipinski definition) is 0. The number of amides is 1. The minimum Gasteiger partial charge on any atom is -0.457 e. The Hall–Kier alpha value is -2.69. The molecule has 0 radical (unpaired) electrons. The summed E-state index contributed by atoms with van der Waals surface area (Å²) in [7, 11) is 2.05. The van der Waals surface area contributed by atoms with Gasteiger partial charge in [-0.1, -0.05) is 18.2 Å². The van der Waals surface area contributed by atoms with Gasteiger partial charge in [-0.2, -0.15) is 0 Å². The number of ether oxygens (including phenoxy) is 2. The molecule has 1 saturated heterocycles. The second kappa shape index (κ2) is 7.73. The Morgan fingerprint density at radius 1 is 1.08 bits per heavy atom. The first-order chi connectivity index (χ1) is 11.7. The SMILES string of the molecule is CN(CCCN1CCOC1=O)c1ccc(Oc2ccccc2)cc1. The van der Waals surface area contributed by atoms with E-state index >= 15 is 0 Å². The van der Waals surface area contributed by atoms with Crippen LogP contribution in [0.25, 0.3) is 0 Å². The van der Waals surface area contributed by atoms with E-state index in [2.05, 4.69) is 11.9 Å². The van der Waals surface area contributed by atoms with Gasteiger partial charge in [-0.05, 0) is 42.8 Å². The van der Waals surface area contributed by atoms with E-state index in [-0.39, 0.29) is 6.09 Å². The molecule has 1 amide bonds. The summed E-state index contributed by atoms with van der Waals surface area (Å²) < 4.78 is 10.7. The van der Waals surface area contributed by atoms with Gasteiger partial charge >= 0.3 is 6.09 Å². The van der Waals surface area contributed by atoms with E-state index in [4.69, 9.17) is 9.47 Å². The minimum atomic E-state index is -0.194. The molecule has 0 aliphatic carbocycles. The molecule has 1 heterocycles. The lowest BCUT2D eigenvalue weighted by Crippen LogP contribution is -2.28. The zero-order valence-electron chi connectivity index (χ0n) is 13.9. The van der Waals surface area contributed by atoms with E-state index in [9.17, 15) is 4.79 Å². The minimum absolute atomic E-state index is 0.194. The van der Waals surface area contributed by atoms with Crippen molar-refractivity contribution < 1.29 is 14.3 Å². The summed E-state index contributed by atoms with van der Waals surface area (Å²) in [4.78, 5) is 15.3. The smallest absolute Gasteiger partial charge is 0.409 e. The van der Waals surface area contributed by atoms with Crippen LogP contribution in [0.15, 0.2) is 54.6 Å². The van der Waals surface area contributed by atoms with Crippen LogP contribution in [-0.4, -0.2) is 44.3 Å². The van der Waals surface area contributed by atoms with Crippen molar-refractivity contribution in [3.05, 3.63) is 54.6 Å². The molecule has 1 fully saturated rings. The van der Waals surface area contributed by atoms with Crippen molar-refractivity contribution in [2.45, 2.75) is 6.42 Å². The topological polar surface area (TPSA) is 42.0 Å². The van der Waals surface area contributed by atoms with Crippen LogP contribution in [0.2, 0.25) is 0 Å². The van der Waals surface area contributed by atoms with Crippen molar-refractivity contribution in [2.24, 2.45) is 0 Å². The van der Waals surface area contributed by atoms with Crippen molar-refractivity contribution in [1.29, 1.82) is 0 Å². The lowest BCUT2D eigenvalue weighted by Gasteiger charge is -2.21. The predicted molar refractivity (Wildman–Crippen MR) is 93.8 cm³/mol. The van der Waals surface area contributed by atoms with Gasteiger partial charge in [-0.3, -0.25) is 0 Å². The lowest BCUT2D eigenvalue weighted by atomic mass is 10.2. The van der Waals surface area contributed by atoms with E-state index in [1.165, 1.54) is 0 Å². The molecule has 0 saturated carbocycles. The van der Waals surface area contributed by atoms with Gasteiger partial charge in [0.05, 0.1) is 6.54 Å². The normalized spacial score (nSPS) is 13.7. The van der Waals surface area contributed by atoms with Crippen LogP contribution in [0.4, 0.5) is 10.5 Å². The number of rotatable bonds is 7. The van der Waals surface area contributed by atoms with Gasteiger partial charge in [0.25, 0.3) is 0 Å². The van der Waals surface area contributed by atoms with Gasteiger partial charge in [0, 0.05) is 25.8 Å². The quantitative estimate of drug-likeness (QED) is 0.777. The van der Waals surface area contributed by atoms with Crippen LogP contribution >= 0.6 is 0 Å². The molecular formula is C19H22N2O3. The molecule has 0 aromatic heterocycles. The highest BCUT2D eigenvalue weighted by molar-refractivity contribution is 5.69. The zero-order chi connectivity index (χ0) is 16.8. The molecule has 24 heavy (non-hydrogen) atoms. The Labute approximate surface area is 142 Å². The fourth-order valence-electron chi connectivity index (χ4n) is 2.65. The van der Waals surface area contributed by atoms with Crippen molar-refractivity contribution in [3.63, 3.8) is 0 Å². The summed E-state index contributed by atoms with van der Waals surface area (Å²) in [6, 6.07) is 17.8. The molecule has 126 valence electrons. The number of cyclic esters (lactones) is 1. The number of carbonyl (C=O) groups excluding carboxylic acids is 1. The average molecular weight is 326 g/mol. The molecule has 3 rings (SSSR count). The zero-order valence-corrected chi connectivity index (χ0v) is 13.9. The summed E-state index contributed by atoms with van der Waals surface area (Å²) >= 11 is 0. The molecular weight excluding hydrogens is 304 g/mol. The number of nitrogens with zero attached hydrogens (tertiary/aromatic N) is 2. The maximum atomic E-state index is 11.4. The van der Waals surface area contributed by atoms with Gasteiger partial charge in [0.15, 0.2) is 0 Å². The third-order valence-corrected chi connectivity index (χ3v) is 4.02. The first-order valence-corrected chi connectivity index (χ1v) is 8.18. The Morgan fingerprint density at radius 2 is 1.79 bits per heavy atom. The molecule has 5 nitrogen and oxygen atoms in total. The average Bonchev–Trinajstić information content (AvgIpc) is 3.01. The van der Waals surface area contributed by atoms with Gasteiger partial charge in [-0.15, -0.1) is 0 Å². The maximum Gasteiger partial charge on any atom is 0.409 e. The Kier molecular flexibility index (Phi) is 5.21. The first kappa shape index (κ1) is 16.2. The Balaban J connectivity index is 1.48. The molecule has 1 aliphatic rings. The van der Waals surface area contributed by atoms with Crippen LogP contribution < -0.4 is 9.64 Å². The summed E-state index contributed by atoms with van der Waals surface area (Å²) in [6.45, 7) is 2.83. The highest BCUT2D eigenvalue weighted by atomic mass is 16.6. The maximum absolute atomic E-state index is 11.4. The number of para-hydroxylation sites is 1. The lowest BCUT2D eigenvalue weighted by molar-refractivity contribution is 0.158. The summed E-state index contributed by atoms with van der Waals surface area (Å²) in [5.74, 6) is 1.65. The highest BCUT2D eigenvalue weighted by Crippen LogP contribution is 2.24. The molecule has 0 spiro atoms. The summed E-state index contributed by atoms with van der Waals surface area (Å²) in [5, 5.41) is 0. The number of carbonyl (C=O) groups is 1. The third-order valence-electron chi connectivity index (χ3n) is 4.02. The van der Waals surface area contributed by atoms with Crippen LogP contribution in [0.1, 0.15) is 6.42 Å². The van der Waals surface area contributed by atoms with Crippen molar-refractivity contribution in [2.75, 3.05) is 38.2 Å². The second-order valence-corrected chi connectivity index (χ2v) is 5.79. The second-order valence-electron chi connectivity index (χ2n) is 5.79. The Morgan fingerprint density at radius 3 is 2.46 bits per heavy atom. The van der Waals surface area contributed by atoms with Crippen LogP contribution in [0.5, 0.6) is 11.5 Å². The van der Waals surface area contributed by atoms with Crippen LogP contribution in [0, 0.1) is 0 Å². The molecule has 5 heteroatoms. The molecule has 0 unspecified atom stereocenters. The monoisotopic (exact) mass is 326 g/mol. The van der Waals surface area contributed by atoms with E-state index < -0.39 is 0 Å².